The van der Waals surface area contributed by atoms with Crippen LogP contribution in [0.5, 0.6) is 0 Å². The van der Waals surface area contributed by atoms with Crippen LogP contribution in [0.1, 0.15) is 18.9 Å². The molecule has 5 nitrogen and oxygen atoms in total. The topological polar surface area (TPSA) is 49.9 Å². The fraction of sp³-hybridized carbons (Fsp3) is 0.625. The molecule has 1 aromatic carbocycles. The minimum Gasteiger partial charge on any atom is -0.381 e. The maximum atomic E-state index is 12.2. The van der Waals surface area contributed by atoms with Crippen LogP contribution in [-0.4, -0.2) is 58.0 Å². The molecule has 0 aliphatic carbocycles. The van der Waals surface area contributed by atoms with Crippen molar-refractivity contribution in [3.05, 3.63) is 29.8 Å². The Morgan fingerprint density at radius 1 is 1.32 bits per heavy atom. The summed E-state index contributed by atoms with van der Waals surface area (Å²) in [5, 5.41) is 0. The van der Waals surface area contributed by atoms with Crippen molar-refractivity contribution in [2.75, 3.05) is 40.4 Å². The van der Waals surface area contributed by atoms with Crippen molar-refractivity contribution >= 4 is 10.0 Å². The fourth-order valence-corrected chi connectivity index (χ4v) is 3.64. The Morgan fingerprint density at radius 3 is 2.68 bits per heavy atom. The standard InChI is InChI=1S/C16H26N2O3S/c1-4-18(12-15-8-9-21-13-15)11-14-6-5-7-16(10-14)22(19,20)17(2)3/h5-7,10,15H,4,8-9,11-13H2,1-3H3/t15-/m1/s1. The molecule has 0 saturated carbocycles. The largest absolute Gasteiger partial charge is 0.381 e. The predicted octanol–water partition coefficient (Wildman–Crippen LogP) is 1.80. The second-order valence-electron chi connectivity index (χ2n) is 5.99. The van der Waals surface area contributed by atoms with Gasteiger partial charge in [0.2, 0.25) is 10.0 Å². The second kappa shape index (κ2) is 7.55. The van der Waals surface area contributed by atoms with E-state index in [-0.39, 0.29) is 0 Å². The van der Waals surface area contributed by atoms with Gasteiger partial charge >= 0.3 is 0 Å². The molecular weight excluding hydrogens is 300 g/mol. The normalized spacial score (nSPS) is 19.2. The monoisotopic (exact) mass is 326 g/mol. The molecule has 1 aliphatic rings. The lowest BCUT2D eigenvalue weighted by Gasteiger charge is -2.23. The Labute approximate surface area is 133 Å². The average molecular weight is 326 g/mol. The summed E-state index contributed by atoms with van der Waals surface area (Å²) in [6.07, 6.45) is 1.12. The van der Waals surface area contributed by atoms with Crippen molar-refractivity contribution in [3.63, 3.8) is 0 Å². The van der Waals surface area contributed by atoms with E-state index in [0.29, 0.717) is 10.8 Å². The number of sulfonamides is 1. The maximum absolute atomic E-state index is 12.2. The van der Waals surface area contributed by atoms with Gasteiger partial charge in [0.1, 0.15) is 0 Å². The van der Waals surface area contributed by atoms with E-state index in [1.165, 1.54) is 4.31 Å². The molecular formula is C16H26N2O3S. The van der Waals surface area contributed by atoms with Gasteiger partial charge in [0, 0.05) is 33.8 Å². The first kappa shape index (κ1) is 17.4. The average Bonchev–Trinajstić information content (AvgIpc) is 2.99. The molecule has 6 heteroatoms. The second-order valence-corrected chi connectivity index (χ2v) is 8.14. The molecule has 1 saturated heterocycles. The molecule has 0 N–H and O–H groups in total. The van der Waals surface area contributed by atoms with Crippen molar-refractivity contribution in [1.29, 1.82) is 0 Å². The SMILES string of the molecule is CCN(Cc1cccc(S(=O)(=O)N(C)C)c1)C[C@H]1CCOC1. The van der Waals surface area contributed by atoms with Crippen LogP contribution < -0.4 is 0 Å². The minimum atomic E-state index is -3.37. The summed E-state index contributed by atoms with van der Waals surface area (Å²) in [6.45, 7) is 6.55. The molecule has 0 radical (unpaired) electrons. The summed E-state index contributed by atoms with van der Waals surface area (Å²) < 4.78 is 31.1. The lowest BCUT2D eigenvalue weighted by molar-refractivity contribution is 0.167. The van der Waals surface area contributed by atoms with E-state index >= 15 is 0 Å². The van der Waals surface area contributed by atoms with Crippen LogP contribution in [0.15, 0.2) is 29.2 Å². The van der Waals surface area contributed by atoms with Crippen molar-refractivity contribution in [3.8, 4) is 0 Å². The van der Waals surface area contributed by atoms with E-state index in [2.05, 4.69) is 11.8 Å². The zero-order chi connectivity index (χ0) is 16.2. The smallest absolute Gasteiger partial charge is 0.242 e. The summed E-state index contributed by atoms with van der Waals surface area (Å²) in [6, 6.07) is 7.24. The maximum Gasteiger partial charge on any atom is 0.242 e. The molecule has 0 aromatic heterocycles. The highest BCUT2D eigenvalue weighted by molar-refractivity contribution is 7.89. The molecule has 0 spiro atoms. The summed E-state index contributed by atoms with van der Waals surface area (Å²) >= 11 is 0. The number of rotatable bonds is 7. The molecule has 1 heterocycles. The van der Waals surface area contributed by atoms with E-state index in [9.17, 15) is 8.42 Å². The lowest BCUT2D eigenvalue weighted by Crippen LogP contribution is -2.29. The number of ether oxygens (including phenoxy) is 1. The van der Waals surface area contributed by atoms with Crippen molar-refractivity contribution < 1.29 is 13.2 Å². The molecule has 0 amide bonds. The van der Waals surface area contributed by atoms with Crippen LogP contribution in [0.2, 0.25) is 0 Å². The van der Waals surface area contributed by atoms with Crippen LogP contribution >= 0.6 is 0 Å². The molecule has 1 aliphatic heterocycles. The van der Waals surface area contributed by atoms with Crippen molar-refractivity contribution in [1.82, 2.24) is 9.21 Å². The fourth-order valence-electron chi connectivity index (χ4n) is 2.67. The third-order valence-corrected chi connectivity index (χ3v) is 5.88. The summed E-state index contributed by atoms with van der Waals surface area (Å²) in [4.78, 5) is 2.70. The van der Waals surface area contributed by atoms with Crippen molar-refractivity contribution in [2.45, 2.75) is 24.8 Å². The first-order valence-electron chi connectivity index (χ1n) is 7.75. The Hall–Kier alpha value is -0.950. The van der Waals surface area contributed by atoms with E-state index in [1.54, 1.807) is 26.2 Å². The molecule has 0 unspecified atom stereocenters. The van der Waals surface area contributed by atoms with E-state index in [0.717, 1.165) is 44.8 Å². The number of benzene rings is 1. The van der Waals surface area contributed by atoms with Gasteiger partial charge in [-0.25, -0.2) is 12.7 Å². The van der Waals surface area contributed by atoms with Gasteiger partial charge in [-0.1, -0.05) is 19.1 Å². The third-order valence-electron chi connectivity index (χ3n) is 4.07. The number of hydrogen-bond donors (Lipinski definition) is 0. The Balaban J connectivity index is 2.08. The summed E-state index contributed by atoms with van der Waals surface area (Å²) in [7, 11) is -0.257. The quantitative estimate of drug-likeness (QED) is 0.767. The number of nitrogens with zero attached hydrogens (tertiary/aromatic N) is 2. The van der Waals surface area contributed by atoms with Gasteiger partial charge in [0.15, 0.2) is 0 Å². The van der Waals surface area contributed by atoms with Crippen LogP contribution in [0.4, 0.5) is 0 Å². The highest BCUT2D eigenvalue weighted by Gasteiger charge is 2.20. The van der Waals surface area contributed by atoms with Crippen LogP contribution in [0, 0.1) is 5.92 Å². The Kier molecular flexibility index (Phi) is 5.97. The van der Waals surface area contributed by atoms with Crippen LogP contribution in [0.25, 0.3) is 0 Å². The Morgan fingerprint density at radius 2 is 2.09 bits per heavy atom. The molecule has 1 fully saturated rings. The van der Waals surface area contributed by atoms with Gasteiger partial charge in [0.05, 0.1) is 11.5 Å². The molecule has 22 heavy (non-hydrogen) atoms. The molecule has 1 aromatic rings. The van der Waals surface area contributed by atoms with Gasteiger partial charge in [-0.3, -0.25) is 4.90 Å². The number of hydrogen-bond acceptors (Lipinski definition) is 4. The summed E-state index contributed by atoms with van der Waals surface area (Å²) in [5.74, 6) is 0.591. The van der Waals surface area contributed by atoms with Crippen molar-refractivity contribution in [2.24, 2.45) is 5.92 Å². The van der Waals surface area contributed by atoms with Gasteiger partial charge in [-0.15, -0.1) is 0 Å². The molecule has 0 bridgehead atoms. The van der Waals surface area contributed by atoms with Gasteiger partial charge in [-0.2, -0.15) is 0 Å². The highest BCUT2D eigenvalue weighted by atomic mass is 32.2. The summed E-state index contributed by atoms with van der Waals surface area (Å²) in [5.41, 5.74) is 1.03. The van der Waals surface area contributed by atoms with Gasteiger partial charge in [-0.05, 0) is 36.6 Å². The third kappa shape index (κ3) is 4.29. The molecule has 124 valence electrons. The lowest BCUT2D eigenvalue weighted by atomic mass is 10.1. The van der Waals surface area contributed by atoms with Gasteiger partial charge in [0.25, 0.3) is 0 Å². The first-order chi connectivity index (χ1) is 10.4. The van der Waals surface area contributed by atoms with E-state index < -0.39 is 10.0 Å². The van der Waals surface area contributed by atoms with Gasteiger partial charge < -0.3 is 4.74 Å². The first-order valence-corrected chi connectivity index (χ1v) is 9.19. The van der Waals surface area contributed by atoms with Crippen LogP contribution in [0.3, 0.4) is 0 Å². The molecule has 2 rings (SSSR count). The van der Waals surface area contributed by atoms with Crippen LogP contribution in [-0.2, 0) is 21.3 Å². The Bertz CT molecular complexity index is 581. The minimum absolute atomic E-state index is 0.357. The highest BCUT2D eigenvalue weighted by Crippen LogP contribution is 2.18. The predicted molar refractivity (Wildman–Crippen MR) is 87.2 cm³/mol. The zero-order valence-corrected chi connectivity index (χ0v) is 14.5. The molecule has 1 atom stereocenters. The van der Waals surface area contributed by atoms with E-state index in [4.69, 9.17) is 4.74 Å². The zero-order valence-electron chi connectivity index (χ0n) is 13.7. The van der Waals surface area contributed by atoms with E-state index in [1.807, 2.05) is 12.1 Å².